The van der Waals surface area contributed by atoms with Crippen LogP contribution in [0.1, 0.15) is 64.4 Å². The molecule has 0 aromatic heterocycles. The zero-order valence-corrected chi connectivity index (χ0v) is 29.5. The number of anilines is 2. The number of benzene rings is 2. The van der Waals surface area contributed by atoms with E-state index >= 15 is 0 Å². The number of hydrogen-bond donors (Lipinski definition) is 2. The standard InChI is InChI=1S/C38H46N6O4S/c1-38(2)18-5-4-6-21-43(38)49-26-27-10-7-11-28(24-27)40-37(48)42-20-9-19-41(22-23-42)32-16-15-31-35-30(32)12-8-13-33(35)44(36(31)47)29(25-45)14-17-34(46)39-3/h7-8,10-13,24-25,29H,6,9,14-23,26H2,1-3H3,(H,39,46)(H,40,48). The molecule has 1 atom stereocenters. The maximum Gasteiger partial charge on any atom is 0.321 e. The summed E-state index contributed by atoms with van der Waals surface area (Å²) in [5, 5.41) is 7.66. The molecule has 2 aromatic carbocycles. The third-order valence-corrected chi connectivity index (χ3v) is 11.4. The fraction of sp³-hybridized carbons (Fsp3) is 0.474. The van der Waals surface area contributed by atoms with E-state index in [1.807, 2.05) is 41.1 Å². The molecule has 0 spiro atoms. The van der Waals surface area contributed by atoms with E-state index in [-0.39, 0.29) is 36.2 Å². The first-order valence-electron chi connectivity index (χ1n) is 17.3. The monoisotopic (exact) mass is 682 g/mol. The number of aldehydes is 1. The lowest BCUT2D eigenvalue weighted by atomic mass is 9.97. The van der Waals surface area contributed by atoms with Crippen LogP contribution in [0.15, 0.2) is 42.5 Å². The van der Waals surface area contributed by atoms with Gasteiger partial charge in [0.25, 0.3) is 5.91 Å². The van der Waals surface area contributed by atoms with Crippen LogP contribution < -0.4 is 26.0 Å². The Morgan fingerprint density at radius 1 is 1.04 bits per heavy atom. The second-order valence-corrected chi connectivity index (χ2v) is 14.6. The van der Waals surface area contributed by atoms with Crippen molar-refractivity contribution in [3.8, 4) is 11.8 Å². The fourth-order valence-electron chi connectivity index (χ4n) is 7.23. The highest BCUT2D eigenvalue weighted by Crippen LogP contribution is 2.32. The van der Waals surface area contributed by atoms with Gasteiger partial charge in [-0.2, -0.15) is 0 Å². The molecule has 6 rings (SSSR count). The molecule has 11 heteroatoms. The molecular weight excluding hydrogens is 637 g/mol. The van der Waals surface area contributed by atoms with Gasteiger partial charge in [-0.25, -0.2) is 9.10 Å². The molecule has 10 nitrogen and oxygen atoms in total. The Hall–Kier alpha value is -4.27. The molecule has 0 bridgehead atoms. The Morgan fingerprint density at radius 2 is 1.88 bits per heavy atom. The lowest BCUT2D eigenvalue weighted by Crippen LogP contribution is -2.41. The van der Waals surface area contributed by atoms with Gasteiger partial charge in [0.05, 0.1) is 11.7 Å². The Morgan fingerprint density at radius 3 is 2.69 bits per heavy atom. The number of carbonyl (C=O) groups is 4. The summed E-state index contributed by atoms with van der Waals surface area (Å²) in [6, 6.07) is 13.2. The number of urea groups is 1. The summed E-state index contributed by atoms with van der Waals surface area (Å²) in [7, 11) is 1.56. The first-order chi connectivity index (χ1) is 23.7. The predicted octanol–water partition coefficient (Wildman–Crippen LogP) is 3.45. The van der Waals surface area contributed by atoms with Crippen LogP contribution in [0.4, 0.5) is 16.2 Å². The third kappa shape index (κ3) is 7.51. The van der Waals surface area contributed by atoms with Crippen LogP contribution in [-0.4, -0.2) is 89.6 Å². The molecule has 0 saturated carbocycles. The number of amides is 4. The van der Waals surface area contributed by atoms with Crippen molar-refractivity contribution >= 4 is 58.7 Å². The number of nitrogens with zero attached hydrogens (tertiary/aromatic N) is 4. The number of hydrogen-bond acceptors (Lipinski definition) is 7. The van der Waals surface area contributed by atoms with Crippen molar-refractivity contribution in [2.45, 2.75) is 76.1 Å². The van der Waals surface area contributed by atoms with Gasteiger partial charge in [0.15, 0.2) is 0 Å². The van der Waals surface area contributed by atoms with Gasteiger partial charge < -0.3 is 25.2 Å². The molecule has 1 aliphatic carbocycles. The van der Waals surface area contributed by atoms with Gasteiger partial charge in [0.1, 0.15) is 6.29 Å². The summed E-state index contributed by atoms with van der Waals surface area (Å²) < 4.78 is 2.42. The fourth-order valence-corrected chi connectivity index (χ4v) is 8.35. The van der Waals surface area contributed by atoms with Crippen molar-refractivity contribution in [2.24, 2.45) is 0 Å². The van der Waals surface area contributed by atoms with Crippen LogP contribution >= 0.6 is 11.9 Å². The summed E-state index contributed by atoms with van der Waals surface area (Å²) in [6.07, 6.45) is 5.09. The zero-order valence-electron chi connectivity index (χ0n) is 28.7. The van der Waals surface area contributed by atoms with Crippen LogP contribution in [0, 0.1) is 11.8 Å². The molecule has 2 N–H and O–H groups in total. The highest BCUT2D eigenvalue weighted by atomic mass is 32.2. The molecule has 4 amide bonds. The normalized spacial score (nSPS) is 19.3. The second-order valence-electron chi connectivity index (χ2n) is 13.6. The van der Waals surface area contributed by atoms with Crippen LogP contribution in [0.25, 0.3) is 11.3 Å². The van der Waals surface area contributed by atoms with E-state index in [0.717, 1.165) is 77.3 Å². The molecule has 0 radical (unpaired) electrons. The second kappa shape index (κ2) is 15.1. The maximum atomic E-state index is 13.6. The Labute approximate surface area is 293 Å². The molecule has 4 aliphatic rings. The van der Waals surface area contributed by atoms with Gasteiger partial charge in [0.2, 0.25) is 5.91 Å². The van der Waals surface area contributed by atoms with E-state index in [9.17, 15) is 19.2 Å². The topological polar surface area (TPSA) is 105 Å². The van der Waals surface area contributed by atoms with Crippen molar-refractivity contribution in [1.29, 1.82) is 0 Å². The van der Waals surface area contributed by atoms with Crippen molar-refractivity contribution in [3.05, 3.63) is 58.5 Å². The third-order valence-electron chi connectivity index (χ3n) is 9.93. The van der Waals surface area contributed by atoms with Gasteiger partial charge in [-0.3, -0.25) is 14.5 Å². The average molecular weight is 683 g/mol. The zero-order chi connectivity index (χ0) is 34.5. The first kappa shape index (κ1) is 34.6. The molecular formula is C38H46N6O4S. The molecule has 1 unspecified atom stereocenters. The van der Waals surface area contributed by atoms with Gasteiger partial charge in [0, 0.05) is 97.7 Å². The van der Waals surface area contributed by atoms with Crippen LogP contribution in [0.2, 0.25) is 0 Å². The first-order valence-corrected chi connectivity index (χ1v) is 18.3. The van der Waals surface area contributed by atoms with Crippen molar-refractivity contribution in [3.63, 3.8) is 0 Å². The van der Waals surface area contributed by atoms with Crippen LogP contribution in [0.3, 0.4) is 0 Å². The average Bonchev–Trinajstić information content (AvgIpc) is 3.26. The molecule has 3 heterocycles. The lowest BCUT2D eigenvalue weighted by Gasteiger charge is -2.35. The van der Waals surface area contributed by atoms with E-state index in [2.05, 4.69) is 63.7 Å². The minimum atomic E-state index is -0.705. The Bertz CT molecular complexity index is 1810. The van der Waals surface area contributed by atoms with Crippen molar-refractivity contribution < 1.29 is 19.2 Å². The van der Waals surface area contributed by atoms with Gasteiger partial charge in [-0.15, -0.1) is 11.8 Å². The minimum absolute atomic E-state index is 0.0174. The van der Waals surface area contributed by atoms with Crippen molar-refractivity contribution in [1.82, 2.24) is 19.4 Å². The number of carbonyl (C=O) groups excluding carboxylic acids is 4. The Kier molecular flexibility index (Phi) is 10.7. The summed E-state index contributed by atoms with van der Waals surface area (Å²) in [5.41, 5.74) is 4.63. The van der Waals surface area contributed by atoms with Gasteiger partial charge in [-0.05, 0) is 63.3 Å². The molecule has 1 saturated heterocycles. The summed E-state index contributed by atoms with van der Waals surface area (Å²) in [4.78, 5) is 57.0. The number of rotatable bonds is 10. The van der Waals surface area contributed by atoms with E-state index in [1.165, 1.54) is 5.70 Å². The molecule has 2 aromatic rings. The molecule has 1 fully saturated rings. The lowest BCUT2D eigenvalue weighted by molar-refractivity contribution is -0.121. The maximum absolute atomic E-state index is 13.6. The van der Waals surface area contributed by atoms with Gasteiger partial charge in [-0.1, -0.05) is 36.2 Å². The quantitative estimate of drug-likeness (QED) is 0.225. The predicted molar refractivity (Wildman–Crippen MR) is 195 cm³/mol. The summed E-state index contributed by atoms with van der Waals surface area (Å²) in [6.45, 7) is 8.16. The van der Waals surface area contributed by atoms with Crippen LogP contribution in [0.5, 0.6) is 0 Å². The number of nitrogens with one attached hydrogen (secondary N) is 2. The van der Waals surface area contributed by atoms with E-state index in [4.69, 9.17) is 0 Å². The highest BCUT2D eigenvalue weighted by molar-refractivity contribution is 7.96. The van der Waals surface area contributed by atoms with Crippen molar-refractivity contribution in [2.75, 3.05) is 50.0 Å². The smallest absolute Gasteiger partial charge is 0.321 e. The van der Waals surface area contributed by atoms with E-state index in [1.54, 1.807) is 11.9 Å². The Balaban J connectivity index is 1.12. The molecule has 49 heavy (non-hydrogen) atoms. The SMILES string of the molecule is CNC(=O)CCC(C=O)N1C(=O)C2=c3c1cccc3=C(N1CCCN(C(=O)Nc3cccc(CSN4CCC#CCC4(C)C)c3)CC1)CC2. The van der Waals surface area contributed by atoms with E-state index < -0.39 is 6.04 Å². The summed E-state index contributed by atoms with van der Waals surface area (Å²) in [5.74, 6) is 7.05. The van der Waals surface area contributed by atoms with Crippen LogP contribution in [-0.2, 0) is 20.1 Å². The molecule has 3 aliphatic heterocycles. The van der Waals surface area contributed by atoms with Gasteiger partial charge >= 0.3 is 6.03 Å². The molecule has 258 valence electrons. The summed E-state index contributed by atoms with van der Waals surface area (Å²) >= 11 is 1.82. The highest BCUT2D eigenvalue weighted by Gasteiger charge is 2.37. The minimum Gasteiger partial charge on any atom is -0.372 e. The van der Waals surface area contributed by atoms with E-state index in [0.29, 0.717) is 32.5 Å². The largest absolute Gasteiger partial charge is 0.372 e.